The van der Waals surface area contributed by atoms with Crippen LogP contribution in [0.15, 0.2) is 27.8 Å². The molecule has 0 radical (unpaired) electrons. The van der Waals surface area contributed by atoms with Crippen LogP contribution in [0.4, 0.5) is 0 Å². The molecule has 1 amide bonds. The zero-order valence-corrected chi connectivity index (χ0v) is 15.8. The minimum Gasteiger partial charge on any atom is -0.349 e. The molecule has 0 bridgehead atoms. The van der Waals surface area contributed by atoms with Gasteiger partial charge in [0.15, 0.2) is 0 Å². The molecule has 0 aliphatic heterocycles. The van der Waals surface area contributed by atoms with Crippen molar-refractivity contribution in [2.45, 2.75) is 70.4 Å². The molecule has 2 fully saturated rings. The van der Waals surface area contributed by atoms with Gasteiger partial charge in [-0.25, -0.2) is 4.79 Å². The van der Waals surface area contributed by atoms with Crippen molar-refractivity contribution in [2.24, 2.45) is 5.92 Å². The van der Waals surface area contributed by atoms with Crippen LogP contribution in [-0.4, -0.2) is 21.5 Å². The highest BCUT2D eigenvalue weighted by Crippen LogP contribution is 2.27. The molecule has 4 rings (SSSR count). The first-order valence-electron chi connectivity index (χ1n) is 10.1. The minimum absolute atomic E-state index is 0.0126. The Hall–Kier alpha value is -2.37. The van der Waals surface area contributed by atoms with Crippen molar-refractivity contribution >= 4 is 16.8 Å². The van der Waals surface area contributed by atoms with Crippen molar-refractivity contribution in [2.75, 3.05) is 0 Å². The Kier molecular flexibility index (Phi) is 4.89. The SMILES string of the molecule is CC1CCCCC1NC(=O)c1ccc2c(=O)n(C3CCCC3)c(=O)[nH]c2c1. The number of H-pyrrole nitrogens is 1. The molecule has 2 aromatic rings. The molecule has 1 aromatic heterocycles. The molecule has 2 aliphatic carbocycles. The second kappa shape index (κ2) is 7.33. The molecule has 1 aromatic carbocycles. The summed E-state index contributed by atoms with van der Waals surface area (Å²) in [5.74, 6) is 0.332. The number of rotatable bonds is 3. The number of aromatic nitrogens is 2. The molecule has 1 heterocycles. The highest BCUT2D eigenvalue weighted by Gasteiger charge is 2.24. The number of amides is 1. The number of nitrogens with one attached hydrogen (secondary N) is 2. The van der Waals surface area contributed by atoms with Crippen LogP contribution in [-0.2, 0) is 0 Å². The Labute approximate surface area is 158 Å². The summed E-state index contributed by atoms with van der Waals surface area (Å²) in [6.07, 6.45) is 8.34. The van der Waals surface area contributed by atoms with Crippen molar-refractivity contribution < 1.29 is 4.79 Å². The zero-order chi connectivity index (χ0) is 19.0. The lowest BCUT2D eigenvalue weighted by atomic mass is 9.86. The third-order valence-corrected chi connectivity index (χ3v) is 6.31. The molecule has 144 valence electrons. The number of benzene rings is 1. The predicted molar refractivity (Wildman–Crippen MR) is 105 cm³/mol. The van der Waals surface area contributed by atoms with Gasteiger partial charge in [0.1, 0.15) is 0 Å². The topological polar surface area (TPSA) is 84.0 Å². The number of hydrogen-bond acceptors (Lipinski definition) is 3. The lowest BCUT2D eigenvalue weighted by molar-refractivity contribution is 0.0910. The van der Waals surface area contributed by atoms with E-state index in [0.717, 1.165) is 44.9 Å². The average molecular weight is 369 g/mol. The average Bonchev–Trinajstić information content (AvgIpc) is 3.17. The van der Waals surface area contributed by atoms with Gasteiger partial charge in [0.25, 0.3) is 11.5 Å². The number of nitrogens with zero attached hydrogens (tertiary/aromatic N) is 1. The van der Waals surface area contributed by atoms with Gasteiger partial charge in [-0.15, -0.1) is 0 Å². The molecule has 2 unspecified atom stereocenters. The van der Waals surface area contributed by atoms with Gasteiger partial charge in [0, 0.05) is 17.6 Å². The maximum absolute atomic E-state index is 12.8. The summed E-state index contributed by atoms with van der Waals surface area (Å²) in [5, 5.41) is 3.58. The molecule has 2 saturated carbocycles. The summed E-state index contributed by atoms with van der Waals surface area (Å²) in [7, 11) is 0. The van der Waals surface area contributed by atoms with E-state index in [4.69, 9.17) is 0 Å². The van der Waals surface area contributed by atoms with Crippen molar-refractivity contribution in [1.29, 1.82) is 0 Å². The predicted octanol–water partition coefficient (Wildman–Crippen LogP) is 3.11. The van der Waals surface area contributed by atoms with Gasteiger partial charge >= 0.3 is 5.69 Å². The summed E-state index contributed by atoms with van der Waals surface area (Å²) in [5.41, 5.74) is 0.281. The lowest BCUT2D eigenvalue weighted by Crippen LogP contribution is -2.41. The maximum atomic E-state index is 12.8. The molecule has 0 spiro atoms. The third-order valence-electron chi connectivity index (χ3n) is 6.31. The highest BCUT2D eigenvalue weighted by atomic mass is 16.2. The third kappa shape index (κ3) is 3.45. The second-order valence-electron chi connectivity index (χ2n) is 8.15. The van der Waals surface area contributed by atoms with Gasteiger partial charge in [-0.3, -0.25) is 14.2 Å². The fraction of sp³-hybridized carbons (Fsp3) is 0.571. The van der Waals surface area contributed by atoms with E-state index < -0.39 is 0 Å². The monoisotopic (exact) mass is 369 g/mol. The van der Waals surface area contributed by atoms with E-state index >= 15 is 0 Å². The number of carbonyl (C=O) groups is 1. The number of aromatic amines is 1. The lowest BCUT2D eigenvalue weighted by Gasteiger charge is -2.29. The molecule has 2 N–H and O–H groups in total. The Morgan fingerprint density at radius 2 is 1.78 bits per heavy atom. The molecular weight excluding hydrogens is 342 g/mol. The largest absolute Gasteiger partial charge is 0.349 e. The Morgan fingerprint density at radius 1 is 1.07 bits per heavy atom. The van der Waals surface area contributed by atoms with Crippen LogP contribution < -0.4 is 16.6 Å². The summed E-state index contributed by atoms with van der Waals surface area (Å²) < 4.78 is 1.36. The van der Waals surface area contributed by atoms with Crippen molar-refractivity contribution in [3.8, 4) is 0 Å². The van der Waals surface area contributed by atoms with E-state index in [1.807, 2.05) is 0 Å². The van der Waals surface area contributed by atoms with Crippen LogP contribution >= 0.6 is 0 Å². The van der Waals surface area contributed by atoms with Gasteiger partial charge in [-0.2, -0.15) is 0 Å². The van der Waals surface area contributed by atoms with Crippen molar-refractivity contribution in [1.82, 2.24) is 14.9 Å². The molecule has 6 heteroatoms. The van der Waals surface area contributed by atoms with Crippen LogP contribution in [0.5, 0.6) is 0 Å². The van der Waals surface area contributed by atoms with E-state index in [1.54, 1.807) is 18.2 Å². The Balaban J connectivity index is 1.64. The molecule has 2 atom stereocenters. The maximum Gasteiger partial charge on any atom is 0.329 e. The summed E-state index contributed by atoms with van der Waals surface area (Å²) in [6.45, 7) is 2.17. The second-order valence-corrected chi connectivity index (χ2v) is 8.15. The van der Waals surface area contributed by atoms with Gasteiger partial charge in [-0.05, 0) is 49.8 Å². The van der Waals surface area contributed by atoms with Crippen molar-refractivity contribution in [3.05, 3.63) is 44.6 Å². The number of carbonyl (C=O) groups excluding carboxylic acids is 1. The first-order chi connectivity index (χ1) is 13.0. The summed E-state index contributed by atoms with van der Waals surface area (Å²) in [6, 6.07) is 5.15. The van der Waals surface area contributed by atoms with Gasteiger partial charge in [0.05, 0.1) is 10.9 Å². The van der Waals surface area contributed by atoms with E-state index in [0.29, 0.717) is 22.4 Å². The van der Waals surface area contributed by atoms with Gasteiger partial charge < -0.3 is 10.3 Å². The van der Waals surface area contributed by atoms with Crippen LogP contribution in [0.1, 0.15) is 74.7 Å². The summed E-state index contributed by atoms with van der Waals surface area (Å²) in [4.78, 5) is 40.8. The summed E-state index contributed by atoms with van der Waals surface area (Å²) >= 11 is 0. The fourth-order valence-electron chi connectivity index (χ4n) is 4.65. The van der Waals surface area contributed by atoms with Crippen LogP contribution in [0.3, 0.4) is 0 Å². The zero-order valence-electron chi connectivity index (χ0n) is 15.8. The quantitative estimate of drug-likeness (QED) is 0.872. The number of hydrogen-bond donors (Lipinski definition) is 2. The molecule has 0 saturated heterocycles. The van der Waals surface area contributed by atoms with E-state index in [1.165, 1.54) is 11.0 Å². The van der Waals surface area contributed by atoms with E-state index in [9.17, 15) is 14.4 Å². The Morgan fingerprint density at radius 3 is 2.52 bits per heavy atom. The van der Waals surface area contributed by atoms with E-state index in [2.05, 4.69) is 17.2 Å². The first-order valence-corrected chi connectivity index (χ1v) is 10.1. The molecule has 27 heavy (non-hydrogen) atoms. The van der Waals surface area contributed by atoms with E-state index in [-0.39, 0.29) is 29.2 Å². The Bertz CT molecular complexity index is 969. The van der Waals surface area contributed by atoms with Crippen LogP contribution in [0.25, 0.3) is 10.9 Å². The smallest absolute Gasteiger partial charge is 0.329 e. The van der Waals surface area contributed by atoms with Gasteiger partial charge in [-0.1, -0.05) is 32.6 Å². The normalized spacial score (nSPS) is 23.6. The molecule has 2 aliphatic rings. The van der Waals surface area contributed by atoms with Crippen molar-refractivity contribution in [3.63, 3.8) is 0 Å². The number of fused-ring (bicyclic) bond motifs is 1. The van der Waals surface area contributed by atoms with Gasteiger partial charge in [0.2, 0.25) is 0 Å². The standard InChI is InChI=1S/C21H27N3O3/c1-13-6-2-5-9-17(13)22-19(25)14-10-11-16-18(12-14)23-21(27)24(20(16)26)15-7-3-4-8-15/h10-13,15,17H,2-9H2,1H3,(H,22,25)(H,23,27). The minimum atomic E-state index is -0.377. The molecule has 6 nitrogen and oxygen atoms in total. The fourth-order valence-corrected chi connectivity index (χ4v) is 4.65. The highest BCUT2D eigenvalue weighted by molar-refractivity contribution is 5.97. The first kappa shape index (κ1) is 18.0. The van der Waals surface area contributed by atoms with Crippen LogP contribution in [0.2, 0.25) is 0 Å². The molecular formula is C21H27N3O3. The van der Waals surface area contributed by atoms with Crippen LogP contribution in [0, 0.1) is 5.92 Å².